The summed E-state index contributed by atoms with van der Waals surface area (Å²) in [7, 11) is 0. The Morgan fingerprint density at radius 1 is 1.31 bits per heavy atom. The predicted octanol–water partition coefficient (Wildman–Crippen LogP) is 1.63. The third-order valence-corrected chi connectivity index (χ3v) is 3.89. The van der Waals surface area contributed by atoms with E-state index in [0.29, 0.717) is 6.10 Å². The lowest BCUT2D eigenvalue weighted by Crippen LogP contribution is -2.39. The number of hydrogen-bond donors (Lipinski definition) is 1. The standard InChI is InChI=1S/C13H26N2O/c1-2-14-11-12-5-3-8-15(12)9-7-13-6-4-10-16-13/h12-14H,2-11H2,1H3. The van der Waals surface area contributed by atoms with Crippen molar-refractivity contribution in [1.82, 2.24) is 10.2 Å². The van der Waals surface area contributed by atoms with E-state index in [1.807, 2.05) is 0 Å². The van der Waals surface area contributed by atoms with Gasteiger partial charge in [0.2, 0.25) is 0 Å². The van der Waals surface area contributed by atoms with Crippen molar-refractivity contribution in [3.05, 3.63) is 0 Å². The monoisotopic (exact) mass is 226 g/mol. The van der Waals surface area contributed by atoms with Crippen LogP contribution in [-0.2, 0) is 4.74 Å². The second kappa shape index (κ2) is 6.58. The first-order chi connectivity index (χ1) is 7.90. The molecular weight excluding hydrogens is 200 g/mol. The van der Waals surface area contributed by atoms with Crippen LogP contribution in [0.3, 0.4) is 0 Å². The largest absolute Gasteiger partial charge is 0.378 e. The van der Waals surface area contributed by atoms with E-state index < -0.39 is 0 Å². The number of hydrogen-bond acceptors (Lipinski definition) is 3. The molecule has 0 radical (unpaired) electrons. The van der Waals surface area contributed by atoms with Gasteiger partial charge >= 0.3 is 0 Å². The number of nitrogens with one attached hydrogen (secondary N) is 1. The Morgan fingerprint density at radius 2 is 2.25 bits per heavy atom. The summed E-state index contributed by atoms with van der Waals surface area (Å²) in [6.45, 7) is 7.97. The van der Waals surface area contributed by atoms with E-state index in [0.717, 1.165) is 19.2 Å². The van der Waals surface area contributed by atoms with Gasteiger partial charge in [0.1, 0.15) is 0 Å². The molecule has 2 unspecified atom stereocenters. The van der Waals surface area contributed by atoms with Gasteiger partial charge in [-0.25, -0.2) is 0 Å². The molecule has 2 aliphatic rings. The fourth-order valence-corrected chi connectivity index (χ4v) is 2.91. The number of likely N-dealkylation sites (tertiary alicyclic amines) is 1. The Labute approximate surface area is 99.5 Å². The van der Waals surface area contributed by atoms with Crippen molar-refractivity contribution < 1.29 is 4.74 Å². The predicted molar refractivity (Wildman–Crippen MR) is 66.7 cm³/mol. The fraction of sp³-hybridized carbons (Fsp3) is 1.00. The molecule has 94 valence electrons. The van der Waals surface area contributed by atoms with E-state index in [2.05, 4.69) is 17.1 Å². The summed E-state index contributed by atoms with van der Waals surface area (Å²) in [4.78, 5) is 2.66. The van der Waals surface area contributed by atoms with Crippen LogP contribution in [0, 0.1) is 0 Å². The van der Waals surface area contributed by atoms with E-state index in [-0.39, 0.29) is 0 Å². The zero-order valence-electron chi connectivity index (χ0n) is 10.6. The van der Waals surface area contributed by atoms with Gasteiger partial charge in [0.15, 0.2) is 0 Å². The average molecular weight is 226 g/mol. The third kappa shape index (κ3) is 3.44. The van der Waals surface area contributed by atoms with Gasteiger partial charge < -0.3 is 10.1 Å². The molecule has 0 aliphatic carbocycles. The third-order valence-electron chi connectivity index (χ3n) is 3.89. The molecule has 2 atom stereocenters. The van der Waals surface area contributed by atoms with Crippen LogP contribution >= 0.6 is 0 Å². The second-order valence-electron chi connectivity index (χ2n) is 5.06. The van der Waals surface area contributed by atoms with Crippen molar-refractivity contribution in [1.29, 1.82) is 0 Å². The number of rotatable bonds is 6. The molecule has 2 saturated heterocycles. The number of ether oxygens (including phenoxy) is 1. The van der Waals surface area contributed by atoms with Gasteiger partial charge in [-0.3, -0.25) is 4.90 Å². The SMILES string of the molecule is CCNCC1CCCN1CCC1CCCO1. The lowest BCUT2D eigenvalue weighted by atomic mass is 10.1. The van der Waals surface area contributed by atoms with Gasteiger partial charge in [-0.1, -0.05) is 6.92 Å². The summed E-state index contributed by atoms with van der Waals surface area (Å²) in [6.07, 6.45) is 7.10. The van der Waals surface area contributed by atoms with Gasteiger partial charge in [0.25, 0.3) is 0 Å². The summed E-state index contributed by atoms with van der Waals surface area (Å²) in [5.41, 5.74) is 0. The van der Waals surface area contributed by atoms with Gasteiger partial charge in [-0.15, -0.1) is 0 Å². The molecule has 3 nitrogen and oxygen atoms in total. The molecule has 0 saturated carbocycles. The van der Waals surface area contributed by atoms with Crippen molar-refractivity contribution in [2.24, 2.45) is 0 Å². The Kier molecular flexibility index (Phi) is 5.07. The van der Waals surface area contributed by atoms with Crippen molar-refractivity contribution in [3.63, 3.8) is 0 Å². The fourth-order valence-electron chi connectivity index (χ4n) is 2.91. The van der Waals surface area contributed by atoms with Crippen molar-refractivity contribution >= 4 is 0 Å². The first-order valence-corrected chi connectivity index (χ1v) is 6.96. The van der Waals surface area contributed by atoms with Crippen LogP contribution in [0.4, 0.5) is 0 Å². The molecule has 2 fully saturated rings. The van der Waals surface area contributed by atoms with Crippen molar-refractivity contribution in [2.45, 2.75) is 51.2 Å². The summed E-state index contributed by atoms with van der Waals surface area (Å²) >= 11 is 0. The lowest BCUT2D eigenvalue weighted by molar-refractivity contribution is 0.0901. The number of likely N-dealkylation sites (N-methyl/N-ethyl adjacent to an activating group) is 1. The summed E-state index contributed by atoms with van der Waals surface area (Å²) < 4.78 is 5.69. The highest BCUT2D eigenvalue weighted by Crippen LogP contribution is 2.20. The van der Waals surface area contributed by atoms with E-state index in [1.165, 1.54) is 51.7 Å². The molecule has 2 aliphatic heterocycles. The maximum Gasteiger partial charge on any atom is 0.0588 e. The van der Waals surface area contributed by atoms with Crippen LogP contribution in [0.2, 0.25) is 0 Å². The maximum absolute atomic E-state index is 5.69. The van der Waals surface area contributed by atoms with Crippen molar-refractivity contribution in [3.8, 4) is 0 Å². The van der Waals surface area contributed by atoms with Crippen molar-refractivity contribution in [2.75, 3.05) is 32.8 Å². The molecule has 2 heterocycles. The van der Waals surface area contributed by atoms with Crippen LogP contribution in [0.15, 0.2) is 0 Å². The minimum absolute atomic E-state index is 0.556. The highest BCUT2D eigenvalue weighted by atomic mass is 16.5. The maximum atomic E-state index is 5.69. The molecule has 0 amide bonds. The second-order valence-corrected chi connectivity index (χ2v) is 5.06. The molecule has 16 heavy (non-hydrogen) atoms. The van der Waals surface area contributed by atoms with E-state index >= 15 is 0 Å². The summed E-state index contributed by atoms with van der Waals surface area (Å²) in [5.74, 6) is 0. The van der Waals surface area contributed by atoms with Crippen LogP contribution in [0.5, 0.6) is 0 Å². The quantitative estimate of drug-likeness (QED) is 0.745. The molecule has 2 rings (SSSR count). The molecular formula is C13H26N2O. The van der Waals surface area contributed by atoms with E-state index in [9.17, 15) is 0 Å². The first-order valence-electron chi connectivity index (χ1n) is 6.96. The highest BCUT2D eigenvalue weighted by molar-refractivity contribution is 4.81. The van der Waals surface area contributed by atoms with E-state index in [4.69, 9.17) is 4.74 Å². The Hall–Kier alpha value is -0.120. The molecule has 3 heteroatoms. The summed E-state index contributed by atoms with van der Waals surface area (Å²) in [5, 5.41) is 3.48. The summed E-state index contributed by atoms with van der Waals surface area (Å²) in [6, 6.07) is 0.779. The van der Waals surface area contributed by atoms with Gasteiger partial charge in [0.05, 0.1) is 6.10 Å². The number of nitrogens with zero attached hydrogens (tertiary/aromatic N) is 1. The van der Waals surface area contributed by atoms with Crippen LogP contribution in [0.25, 0.3) is 0 Å². The Balaban J connectivity index is 1.66. The molecule has 0 aromatic heterocycles. The minimum atomic E-state index is 0.556. The Bertz CT molecular complexity index is 192. The van der Waals surface area contributed by atoms with Crippen LogP contribution in [-0.4, -0.2) is 49.8 Å². The average Bonchev–Trinajstić information content (AvgIpc) is 2.94. The molecule has 0 aromatic rings. The zero-order valence-corrected chi connectivity index (χ0v) is 10.6. The Morgan fingerprint density at radius 3 is 3.00 bits per heavy atom. The zero-order chi connectivity index (χ0) is 11.2. The first kappa shape index (κ1) is 12.3. The van der Waals surface area contributed by atoms with E-state index in [1.54, 1.807) is 0 Å². The molecule has 0 spiro atoms. The topological polar surface area (TPSA) is 24.5 Å². The van der Waals surface area contributed by atoms with Gasteiger partial charge in [-0.05, 0) is 45.2 Å². The highest BCUT2D eigenvalue weighted by Gasteiger charge is 2.25. The van der Waals surface area contributed by atoms with Crippen LogP contribution < -0.4 is 5.32 Å². The van der Waals surface area contributed by atoms with Gasteiger partial charge in [-0.2, -0.15) is 0 Å². The molecule has 0 aromatic carbocycles. The van der Waals surface area contributed by atoms with Gasteiger partial charge in [0, 0.05) is 25.7 Å². The minimum Gasteiger partial charge on any atom is -0.378 e. The van der Waals surface area contributed by atoms with Crippen LogP contribution in [0.1, 0.15) is 39.0 Å². The normalized spacial score (nSPS) is 31.3. The smallest absolute Gasteiger partial charge is 0.0588 e. The lowest BCUT2D eigenvalue weighted by Gasteiger charge is -2.25. The molecule has 1 N–H and O–H groups in total. The molecule has 0 bridgehead atoms.